The summed E-state index contributed by atoms with van der Waals surface area (Å²) >= 11 is 18.3. The van der Waals surface area contributed by atoms with E-state index in [9.17, 15) is 9.59 Å². The summed E-state index contributed by atoms with van der Waals surface area (Å²) in [6.07, 6.45) is 0. The number of carbonyl (C=O) groups is 2. The van der Waals surface area contributed by atoms with Crippen molar-refractivity contribution in [2.45, 2.75) is 0 Å². The van der Waals surface area contributed by atoms with Crippen molar-refractivity contribution in [2.75, 3.05) is 36.4 Å². The molecule has 0 aliphatic carbocycles. The Morgan fingerprint density at radius 2 is 1.51 bits per heavy atom. The summed E-state index contributed by atoms with van der Waals surface area (Å²) in [6, 6.07) is 23.0. The molecular formula is C28H22Cl3N3O3. The van der Waals surface area contributed by atoms with Gasteiger partial charge in [0.2, 0.25) is 0 Å². The van der Waals surface area contributed by atoms with Crippen LogP contribution in [0.15, 0.2) is 83.3 Å². The van der Waals surface area contributed by atoms with E-state index in [0.29, 0.717) is 63.8 Å². The lowest BCUT2D eigenvalue weighted by Gasteiger charge is -2.37. The van der Waals surface area contributed by atoms with Crippen molar-refractivity contribution in [1.82, 2.24) is 4.90 Å². The van der Waals surface area contributed by atoms with Gasteiger partial charge in [-0.3, -0.25) is 9.59 Å². The van der Waals surface area contributed by atoms with E-state index in [2.05, 4.69) is 10.2 Å². The average molecular weight is 555 g/mol. The summed E-state index contributed by atoms with van der Waals surface area (Å²) in [7, 11) is 0. The van der Waals surface area contributed by atoms with Crippen molar-refractivity contribution in [3.05, 3.63) is 105 Å². The van der Waals surface area contributed by atoms with E-state index in [1.165, 1.54) is 0 Å². The molecule has 2 heterocycles. The zero-order valence-corrected chi connectivity index (χ0v) is 21.9. The molecule has 1 aliphatic heterocycles. The first kappa shape index (κ1) is 25.2. The molecule has 4 aromatic rings. The molecule has 1 fully saturated rings. The lowest BCUT2D eigenvalue weighted by molar-refractivity contribution is 0.0746. The van der Waals surface area contributed by atoms with Gasteiger partial charge in [-0.15, -0.1) is 0 Å². The van der Waals surface area contributed by atoms with Crippen LogP contribution in [0, 0.1) is 0 Å². The number of amides is 2. The minimum atomic E-state index is -0.381. The van der Waals surface area contributed by atoms with Crippen LogP contribution >= 0.6 is 34.8 Å². The third kappa shape index (κ3) is 5.47. The molecular weight excluding hydrogens is 533 g/mol. The molecule has 1 saturated heterocycles. The number of para-hydroxylation sites is 2. The number of nitrogens with zero attached hydrogens (tertiary/aromatic N) is 2. The maximum Gasteiger partial charge on any atom is 0.291 e. The Morgan fingerprint density at radius 1 is 0.784 bits per heavy atom. The van der Waals surface area contributed by atoms with Crippen LogP contribution in [0.4, 0.5) is 11.4 Å². The van der Waals surface area contributed by atoms with E-state index in [4.69, 9.17) is 39.2 Å². The summed E-state index contributed by atoms with van der Waals surface area (Å²) in [4.78, 5) is 29.9. The van der Waals surface area contributed by atoms with Gasteiger partial charge in [0.1, 0.15) is 5.76 Å². The topological polar surface area (TPSA) is 65.8 Å². The smallest absolute Gasteiger partial charge is 0.291 e. The molecule has 0 saturated carbocycles. The number of furan rings is 1. The maximum absolute atomic E-state index is 13.0. The molecule has 1 aliphatic rings. The first-order valence-electron chi connectivity index (χ1n) is 11.6. The van der Waals surface area contributed by atoms with Crippen molar-refractivity contribution >= 4 is 58.0 Å². The van der Waals surface area contributed by atoms with Gasteiger partial charge in [-0.25, -0.2) is 0 Å². The Kier molecular flexibility index (Phi) is 7.42. The normalized spacial score (nSPS) is 13.5. The van der Waals surface area contributed by atoms with Crippen molar-refractivity contribution < 1.29 is 14.0 Å². The summed E-state index contributed by atoms with van der Waals surface area (Å²) in [5, 5.41) is 4.32. The van der Waals surface area contributed by atoms with Gasteiger partial charge in [-0.05, 0) is 60.7 Å². The maximum atomic E-state index is 13.0. The van der Waals surface area contributed by atoms with E-state index >= 15 is 0 Å². The SMILES string of the molecule is O=C(Nc1ccccc1N1CCN(C(=O)c2ccc(Cl)cc2)CC1)c1ccc(-c2cccc(Cl)c2Cl)o1. The van der Waals surface area contributed by atoms with Crippen LogP contribution in [0.3, 0.4) is 0 Å². The number of nitrogens with one attached hydrogen (secondary N) is 1. The first-order valence-corrected chi connectivity index (χ1v) is 12.8. The molecule has 0 radical (unpaired) electrons. The number of piperazine rings is 1. The molecule has 3 aromatic carbocycles. The second kappa shape index (κ2) is 10.9. The van der Waals surface area contributed by atoms with E-state index < -0.39 is 0 Å². The highest BCUT2D eigenvalue weighted by Gasteiger charge is 2.24. The Bertz CT molecular complexity index is 1440. The minimum absolute atomic E-state index is 0.0219. The monoisotopic (exact) mass is 553 g/mol. The second-order valence-electron chi connectivity index (χ2n) is 8.52. The number of hydrogen-bond acceptors (Lipinski definition) is 4. The van der Waals surface area contributed by atoms with Gasteiger partial charge in [0, 0.05) is 42.3 Å². The molecule has 6 nitrogen and oxygen atoms in total. The summed E-state index contributed by atoms with van der Waals surface area (Å²) < 4.78 is 5.79. The number of benzene rings is 3. The van der Waals surface area contributed by atoms with Gasteiger partial charge >= 0.3 is 0 Å². The molecule has 188 valence electrons. The third-order valence-electron chi connectivity index (χ3n) is 6.20. The van der Waals surface area contributed by atoms with Gasteiger partial charge in [0.05, 0.1) is 21.4 Å². The lowest BCUT2D eigenvalue weighted by atomic mass is 10.1. The molecule has 0 spiro atoms. The van der Waals surface area contributed by atoms with E-state index in [0.717, 1.165) is 5.69 Å². The molecule has 0 atom stereocenters. The van der Waals surface area contributed by atoms with Crippen LogP contribution in [-0.4, -0.2) is 42.9 Å². The molecule has 1 N–H and O–H groups in total. The number of carbonyl (C=O) groups excluding carboxylic acids is 2. The fourth-order valence-corrected chi connectivity index (χ4v) is 4.78. The van der Waals surface area contributed by atoms with Crippen LogP contribution < -0.4 is 10.2 Å². The Labute approximate surface area is 229 Å². The molecule has 9 heteroatoms. The highest BCUT2D eigenvalue weighted by atomic mass is 35.5. The third-order valence-corrected chi connectivity index (χ3v) is 7.27. The Balaban J connectivity index is 1.27. The summed E-state index contributed by atoms with van der Waals surface area (Å²) in [5.74, 6) is 0.200. The van der Waals surface area contributed by atoms with Gasteiger partial charge in [0.25, 0.3) is 11.8 Å². The van der Waals surface area contributed by atoms with Crippen LogP contribution in [0.2, 0.25) is 15.1 Å². The molecule has 37 heavy (non-hydrogen) atoms. The number of hydrogen-bond donors (Lipinski definition) is 1. The number of rotatable bonds is 5. The van der Waals surface area contributed by atoms with E-state index in [-0.39, 0.29) is 17.6 Å². The predicted octanol–water partition coefficient (Wildman–Crippen LogP) is 7.12. The largest absolute Gasteiger partial charge is 0.451 e. The van der Waals surface area contributed by atoms with E-state index in [1.54, 1.807) is 54.6 Å². The molecule has 0 unspecified atom stereocenters. The number of anilines is 2. The van der Waals surface area contributed by atoms with Crippen LogP contribution in [0.5, 0.6) is 0 Å². The molecule has 2 amide bonds. The highest BCUT2D eigenvalue weighted by molar-refractivity contribution is 6.43. The first-order chi connectivity index (χ1) is 17.9. The van der Waals surface area contributed by atoms with Crippen LogP contribution in [-0.2, 0) is 0 Å². The quantitative estimate of drug-likeness (QED) is 0.285. The van der Waals surface area contributed by atoms with E-state index in [1.807, 2.05) is 29.2 Å². The van der Waals surface area contributed by atoms with Gasteiger partial charge in [-0.2, -0.15) is 0 Å². The average Bonchev–Trinajstić information content (AvgIpc) is 3.41. The lowest BCUT2D eigenvalue weighted by Crippen LogP contribution is -2.49. The van der Waals surface area contributed by atoms with Crippen molar-refractivity contribution in [3.8, 4) is 11.3 Å². The van der Waals surface area contributed by atoms with Crippen LogP contribution in [0.1, 0.15) is 20.9 Å². The van der Waals surface area contributed by atoms with Crippen molar-refractivity contribution in [1.29, 1.82) is 0 Å². The zero-order chi connectivity index (χ0) is 25.9. The molecule has 5 rings (SSSR count). The Hall–Kier alpha value is -3.45. The second-order valence-corrected chi connectivity index (χ2v) is 9.74. The fourth-order valence-electron chi connectivity index (χ4n) is 4.26. The summed E-state index contributed by atoms with van der Waals surface area (Å²) in [5.41, 5.74) is 2.75. The summed E-state index contributed by atoms with van der Waals surface area (Å²) in [6.45, 7) is 2.38. The van der Waals surface area contributed by atoms with Crippen LogP contribution in [0.25, 0.3) is 11.3 Å². The number of halogens is 3. The minimum Gasteiger partial charge on any atom is -0.451 e. The molecule has 0 bridgehead atoms. The van der Waals surface area contributed by atoms with Crippen molar-refractivity contribution in [2.24, 2.45) is 0 Å². The van der Waals surface area contributed by atoms with Crippen molar-refractivity contribution in [3.63, 3.8) is 0 Å². The Morgan fingerprint density at radius 3 is 2.27 bits per heavy atom. The standard InChI is InChI=1S/C28H22Cl3N3O3/c29-19-10-8-18(9-11-19)28(36)34-16-14-33(15-17-34)23-7-2-1-6-22(23)32-27(35)25-13-12-24(37-25)20-4-3-5-21(30)26(20)31/h1-13H,14-17H2,(H,32,35). The predicted molar refractivity (Wildman–Crippen MR) is 148 cm³/mol. The van der Waals surface area contributed by atoms with Gasteiger partial charge in [0.15, 0.2) is 5.76 Å². The highest BCUT2D eigenvalue weighted by Crippen LogP contribution is 2.35. The zero-order valence-electron chi connectivity index (χ0n) is 19.6. The molecule has 1 aromatic heterocycles. The van der Waals surface area contributed by atoms with Gasteiger partial charge < -0.3 is 19.5 Å². The van der Waals surface area contributed by atoms with Gasteiger partial charge in [-0.1, -0.05) is 53.0 Å². The fraction of sp³-hybridized carbons (Fsp3) is 0.143.